The Morgan fingerprint density at radius 2 is 1.74 bits per heavy atom. The van der Waals surface area contributed by atoms with Crippen LogP contribution < -0.4 is 9.80 Å². The van der Waals surface area contributed by atoms with E-state index in [1.165, 1.54) is 0 Å². The van der Waals surface area contributed by atoms with Crippen molar-refractivity contribution in [3.63, 3.8) is 0 Å². The first kappa shape index (κ1) is 26.2. The SMILES string of the molecule is C.CC[C@@H]1C(=O)N(C)c2cnc(CCc3cnn(Cc4cc(F)c(F)c(F)c4)c3)nc2N1C(C)C. The molecule has 35 heavy (non-hydrogen) atoms. The summed E-state index contributed by atoms with van der Waals surface area (Å²) in [5.74, 6) is -2.48. The van der Waals surface area contributed by atoms with E-state index in [9.17, 15) is 18.0 Å². The number of hydrogen-bond donors (Lipinski definition) is 0. The maximum atomic E-state index is 13.5. The molecular weight excluding hydrogens is 457 g/mol. The minimum atomic E-state index is -1.48. The van der Waals surface area contributed by atoms with Crippen LogP contribution in [0.25, 0.3) is 0 Å². The van der Waals surface area contributed by atoms with E-state index in [-0.39, 0.29) is 37.5 Å². The summed E-state index contributed by atoms with van der Waals surface area (Å²) < 4.78 is 41.6. The summed E-state index contributed by atoms with van der Waals surface area (Å²) >= 11 is 0. The summed E-state index contributed by atoms with van der Waals surface area (Å²) in [5, 5.41) is 4.24. The lowest BCUT2D eigenvalue weighted by Crippen LogP contribution is -2.55. The molecule has 1 aliphatic heterocycles. The fourth-order valence-electron chi connectivity index (χ4n) is 4.30. The normalized spacial score (nSPS) is 15.4. The Hall–Kier alpha value is -3.43. The topological polar surface area (TPSA) is 67.2 Å². The average Bonchev–Trinajstić information content (AvgIpc) is 3.25. The van der Waals surface area contributed by atoms with E-state index in [0.29, 0.717) is 30.8 Å². The summed E-state index contributed by atoms with van der Waals surface area (Å²) in [4.78, 5) is 25.7. The molecule has 188 valence electrons. The van der Waals surface area contributed by atoms with Crippen LogP contribution >= 0.6 is 0 Å². The van der Waals surface area contributed by atoms with Crippen molar-refractivity contribution >= 4 is 17.4 Å². The number of anilines is 2. The van der Waals surface area contributed by atoms with E-state index in [2.05, 4.69) is 15.0 Å². The highest BCUT2D eigenvalue weighted by atomic mass is 19.2. The van der Waals surface area contributed by atoms with Crippen LogP contribution in [-0.2, 0) is 24.2 Å². The van der Waals surface area contributed by atoms with E-state index in [1.807, 2.05) is 20.8 Å². The molecule has 7 nitrogen and oxygen atoms in total. The maximum absolute atomic E-state index is 13.5. The Labute approximate surface area is 203 Å². The fourth-order valence-corrected chi connectivity index (χ4v) is 4.30. The summed E-state index contributed by atoms with van der Waals surface area (Å²) in [5.41, 5.74) is 1.88. The van der Waals surface area contributed by atoms with Gasteiger partial charge >= 0.3 is 0 Å². The molecule has 0 radical (unpaired) electrons. The number of halogens is 3. The van der Waals surface area contributed by atoms with Crippen molar-refractivity contribution in [3.8, 4) is 0 Å². The number of aromatic nitrogens is 4. The van der Waals surface area contributed by atoms with Crippen LogP contribution in [0.3, 0.4) is 0 Å². The molecule has 0 bridgehead atoms. The number of amides is 1. The molecule has 0 N–H and O–H groups in total. The predicted octanol–water partition coefficient (Wildman–Crippen LogP) is 4.53. The minimum absolute atomic E-state index is 0. The minimum Gasteiger partial charge on any atom is -0.340 e. The van der Waals surface area contributed by atoms with Crippen molar-refractivity contribution in [2.24, 2.45) is 0 Å². The number of carbonyl (C=O) groups is 1. The van der Waals surface area contributed by atoms with Gasteiger partial charge in [-0.05, 0) is 49.9 Å². The number of hydrogen-bond acceptors (Lipinski definition) is 5. The van der Waals surface area contributed by atoms with Gasteiger partial charge in [0.2, 0.25) is 5.91 Å². The quantitative estimate of drug-likeness (QED) is 0.457. The smallest absolute Gasteiger partial charge is 0.249 e. The number of nitrogens with zero attached hydrogens (tertiary/aromatic N) is 6. The van der Waals surface area contributed by atoms with Gasteiger partial charge in [-0.3, -0.25) is 9.48 Å². The maximum Gasteiger partial charge on any atom is 0.249 e. The summed E-state index contributed by atoms with van der Waals surface area (Å²) in [6.45, 7) is 6.19. The van der Waals surface area contributed by atoms with Gasteiger partial charge in [0, 0.05) is 25.7 Å². The highest BCUT2D eigenvalue weighted by Crippen LogP contribution is 2.35. The lowest BCUT2D eigenvalue weighted by molar-refractivity contribution is -0.120. The number of carbonyl (C=O) groups excluding carboxylic acids is 1. The standard InChI is InChI=1S/C24H27F3N6O.CH4/c1-5-19-24(34)31(4)20-11-28-21(30-23(20)33(19)14(2)3)7-6-15-10-29-32(12-15)13-16-8-17(25)22(27)18(26)9-16;/h8-12,14,19H,5-7,13H2,1-4H3;1H4/t19-;/m1./s1. The fraction of sp³-hybridized carbons (Fsp3) is 0.440. The first-order valence-electron chi connectivity index (χ1n) is 11.3. The predicted molar refractivity (Wildman–Crippen MR) is 129 cm³/mol. The number of benzene rings is 1. The average molecular weight is 489 g/mol. The Morgan fingerprint density at radius 3 is 2.37 bits per heavy atom. The van der Waals surface area contributed by atoms with Crippen LogP contribution in [0.15, 0.2) is 30.7 Å². The van der Waals surface area contributed by atoms with E-state index in [0.717, 1.165) is 23.5 Å². The van der Waals surface area contributed by atoms with Gasteiger partial charge in [0.1, 0.15) is 17.6 Å². The van der Waals surface area contributed by atoms with Crippen LogP contribution in [0.4, 0.5) is 24.7 Å². The van der Waals surface area contributed by atoms with Crippen molar-refractivity contribution in [2.75, 3.05) is 16.8 Å². The Kier molecular flexibility index (Phi) is 7.82. The Balaban J connectivity index is 0.00000342. The van der Waals surface area contributed by atoms with E-state index in [1.54, 1.807) is 35.2 Å². The third-order valence-electron chi connectivity index (χ3n) is 6.01. The third-order valence-corrected chi connectivity index (χ3v) is 6.01. The van der Waals surface area contributed by atoms with Gasteiger partial charge in [0.15, 0.2) is 23.3 Å². The monoisotopic (exact) mass is 488 g/mol. The van der Waals surface area contributed by atoms with Crippen molar-refractivity contribution in [2.45, 2.75) is 66.1 Å². The molecule has 2 aromatic heterocycles. The molecule has 1 aliphatic rings. The van der Waals surface area contributed by atoms with Crippen LogP contribution in [-0.4, -0.2) is 44.8 Å². The molecule has 0 unspecified atom stereocenters. The van der Waals surface area contributed by atoms with Gasteiger partial charge in [-0.25, -0.2) is 23.1 Å². The van der Waals surface area contributed by atoms with Crippen LogP contribution in [0.5, 0.6) is 0 Å². The molecule has 4 rings (SSSR count). The molecule has 1 atom stereocenters. The van der Waals surface area contributed by atoms with Gasteiger partial charge in [-0.1, -0.05) is 14.4 Å². The zero-order valence-corrected chi connectivity index (χ0v) is 19.6. The molecule has 10 heteroatoms. The van der Waals surface area contributed by atoms with E-state index in [4.69, 9.17) is 4.98 Å². The number of rotatable bonds is 7. The highest BCUT2D eigenvalue weighted by molar-refractivity contribution is 6.04. The summed E-state index contributed by atoms with van der Waals surface area (Å²) in [6, 6.07) is 1.77. The molecule has 1 amide bonds. The Bertz CT molecular complexity index is 1190. The largest absolute Gasteiger partial charge is 0.340 e. The molecule has 0 fully saturated rings. The second kappa shape index (κ2) is 10.5. The lowest BCUT2D eigenvalue weighted by Gasteiger charge is -2.42. The first-order valence-corrected chi connectivity index (χ1v) is 11.3. The zero-order chi connectivity index (χ0) is 24.6. The molecule has 0 saturated heterocycles. The first-order chi connectivity index (χ1) is 16.2. The number of likely N-dealkylation sites (N-methyl/N-ethyl adjacent to an activating group) is 1. The van der Waals surface area contributed by atoms with Crippen LogP contribution in [0.2, 0.25) is 0 Å². The van der Waals surface area contributed by atoms with Crippen LogP contribution in [0.1, 0.15) is 51.6 Å². The lowest BCUT2D eigenvalue weighted by atomic mass is 10.1. The molecule has 3 heterocycles. The highest BCUT2D eigenvalue weighted by Gasteiger charge is 2.38. The van der Waals surface area contributed by atoms with E-state index < -0.39 is 17.5 Å². The van der Waals surface area contributed by atoms with Crippen molar-refractivity contribution in [1.82, 2.24) is 19.7 Å². The van der Waals surface area contributed by atoms with E-state index >= 15 is 0 Å². The second-order valence-corrected chi connectivity index (χ2v) is 8.74. The van der Waals surface area contributed by atoms with Gasteiger partial charge in [-0.15, -0.1) is 0 Å². The third kappa shape index (κ3) is 5.16. The van der Waals surface area contributed by atoms with Crippen molar-refractivity contribution in [3.05, 3.63) is 65.1 Å². The van der Waals surface area contributed by atoms with Gasteiger partial charge in [0.05, 0.1) is 18.9 Å². The van der Waals surface area contributed by atoms with Gasteiger partial charge in [-0.2, -0.15) is 5.10 Å². The molecule has 3 aromatic rings. The summed E-state index contributed by atoms with van der Waals surface area (Å²) in [6.07, 6.45) is 6.99. The number of fused-ring (bicyclic) bond motifs is 1. The van der Waals surface area contributed by atoms with Crippen molar-refractivity contribution < 1.29 is 18.0 Å². The molecule has 1 aromatic carbocycles. The Morgan fingerprint density at radius 1 is 1.06 bits per heavy atom. The zero-order valence-electron chi connectivity index (χ0n) is 19.6. The number of aryl methyl sites for hydroxylation is 2. The molecular formula is C25H31F3N6O. The van der Waals surface area contributed by atoms with Crippen LogP contribution in [0, 0.1) is 17.5 Å². The van der Waals surface area contributed by atoms with Gasteiger partial charge < -0.3 is 9.80 Å². The molecule has 0 spiro atoms. The van der Waals surface area contributed by atoms with Gasteiger partial charge in [0.25, 0.3) is 0 Å². The molecule has 0 saturated carbocycles. The second-order valence-electron chi connectivity index (χ2n) is 8.74. The van der Waals surface area contributed by atoms with Crippen molar-refractivity contribution in [1.29, 1.82) is 0 Å². The summed E-state index contributed by atoms with van der Waals surface area (Å²) in [7, 11) is 1.75. The molecule has 0 aliphatic carbocycles.